The minimum Gasteiger partial charge on any atom is -0.461 e. The molecule has 8 heteroatoms. The summed E-state index contributed by atoms with van der Waals surface area (Å²) in [6.45, 7) is 4.28. The molecule has 1 N–H and O–H groups in total. The predicted molar refractivity (Wildman–Crippen MR) is 132 cm³/mol. The van der Waals surface area contributed by atoms with Gasteiger partial charge in [-0.15, -0.1) is 11.3 Å². The first-order chi connectivity index (χ1) is 16.9. The van der Waals surface area contributed by atoms with Gasteiger partial charge in [-0.3, -0.25) is 9.59 Å². The molecule has 0 radical (unpaired) electrons. The molecule has 35 heavy (non-hydrogen) atoms. The molecular formula is C27H24FN3O3S. The first kappa shape index (κ1) is 22.0. The number of fused-ring (bicyclic) bond motifs is 2. The van der Waals surface area contributed by atoms with Crippen LogP contribution in [0.3, 0.4) is 0 Å². The fourth-order valence-corrected chi connectivity index (χ4v) is 6.17. The van der Waals surface area contributed by atoms with E-state index in [0.29, 0.717) is 29.1 Å². The lowest BCUT2D eigenvalue weighted by molar-refractivity contribution is 0.0684. The highest BCUT2D eigenvalue weighted by molar-refractivity contribution is 7.15. The molecule has 0 unspecified atom stereocenters. The van der Waals surface area contributed by atoms with E-state index in [2.05, 4.69) is 16.4 Å². The van der Waals surface area contributed by atoms with Crippen molar-refractivity contribution in [2.45, 2.75) is 38.8 Å². The molecule has 3 atom stereocenters. The summed E-state index contributed by atoms with van der Waals surface area (Å²) in [7, 11) is 0. The molecule has 2 aliphatic rings. The van der Waals surface area contributed by atoms with Gasteiger partial charge >= 0.3 is 0 Å². The summed E-state index contributed by atoms with van der Waals surface area (Å²) in [4.78, 5) is 34.2. The number of hydrogen-bond donors (Lipinski definition) is 1. The van der Waals surface area contributed by atoms with Crippen LogP contribution in [0.5, 0.6) is 0 Å². The maximum absolute atomic E-state index is 13.9. The van der Waals surface area contributed by atoms with Crippen LogP contribution < -0.4 is 5.32 Å². The van der Waals surface area contributed by atoms with E-state index in [-0.39, 0.29) is 29.5 Å². The average molecular weight is 490 g/mol. The molecule has 1 aliphatic carbocycles. The van der Waals surface area contributed by atoms with Crippen LogP contribution in [0.15, 0.2) is 53.1 Å². The van der Waals surface area contributed by atoms with E-state index >= 15 is 0 Å². The second-order valence-corrected chi connectivity index (χ2v) is 10.6. The zero-order valence-electron chi connectivity index (χ0n) is 19.4. The van der Waals surface area contributed by atoms with Gasteiger partial charge in [-0.1, -0.05) is 29.8 Å². The number of carbonyl (C=O) groups excluding carboxylic acids is 2. The summed E-state index contributed by atoms with van der Waals surface area (Å²) in [6.07, 6.45) is 3.22. The highest BCUT2D eigenvalue weighted by atomic mass is 32.1. The van der Waals surface area contributed by atoms with Crippen LogP contribution in [0.25, 0.3) is 21.4 Å². The van der Waals surface area contributed by atoms with Gasteiger partial charge in [0.05, 0.1) is 27.8 Å². The second kappa shape index (κ2) is 8.30. The van der Waals surface area contributed by atoms with Crippen molar-refractivity contribution in [3.8, 4) is 10.4 Å². The maximum Gasteiger partial charge on any atom is 0.274 e. The van der Waals surface area contributed by atoms with Gasteiger partial charge in [0.25, 0.3) is 11.8 Å². The molecule has 4 aromatic rings. The highest BCUT2D eigenvalue weighted by Gasteiger charge is 2.54. The molecule has 0 spiro atoms. The number of halogens is 1. The van der Waals surface area contributed by atoms with E-state index in [1.165, 1.54) is 29.7 Å². The van der Waals surface area contributed by atoms with Gasteiger partial charge in [0.1, 0.15) is 5.69 Å². The van der Waals surface area contributed by atoms with Crippen molar-refractivity contribution in [3.63, 3.8) is 0 Å². The number of piperidine rings is 1. The molecule has 2 fully saturated rings. The fraction of sp³-hybridized carbons (Fsp3) is 0.296. The number of furan rings is 1. The number of likely N-dealkylation sites (tertiary alicyclic amines) is 1. The minimum absolute atomic E-state index is 0.0687. The van der Waals surface area contributed by atoms with Crippen molar-refractivity contribution in [1.29, 1.82) is 0 Å². The van der Waals surface area contributed by atoms with Crippen LogP contribution in [-0.2, 0) is 0 Å². The Morgan fingerprint density at radius 1 is 1.20 bits per heavy atom. The summed E-state index contributed by atoms with van der Waals surface area (Å²) >= 11 is 1.53. The van der Waals surface area contributed by atoms with Gasteiger partial charge in [-0.2, -0.15) is 0 Å². The molecule has 1 saturated heterocycles. The highest BCUT2D eigenvalue weighted by Crippen LogP contribution is 2.48. The van der Waals surface area contributed by atoms with Gasteiger partial charge in [-0.25, -0.2) is 9.37 Å². The minimum atomic E-state index is -0.503. The maximum atomic E-state index is 13.9. The number of aromatic nitrogens is 1. The Hall–Kier alpha value is -3.52. The van der Waals surface area contributed by atoms with Crippen molar-refractivity contribution in [2.24, 2.45) is 5.92 Å². The third-order valence-electron chi connectivity index (χ3n) is 6.97. The Balaban J connectivity index is 1.23. The zero-order valence-corrected chi connectivity index (χ0v) is 20.2. The zero-order chi connectivity index (χ0) is 24.3. The van der Waals surface area contributed by atoms with Crippen LogP contribution in [0, 0.1) is 25.6 Å². The van der Waals surface area contributed by atoms with Gasteiger partial charge in [-0.05, 0) is 56.4 Å². The Morgan fingerprint density at radius 3 is 2.89 bits per heavy atom. The Bertz CT molecular complexity index is 1480. The van der Waals surface area contributed by atoms with E-state index < -0.39 is 5.82 Å². The van der Waals surface area contributed by atoms with Gasteiger partial charge < -0.3 is 14.6 Å². The Kier molecular flexibility index (Phi) is 5.21. The van der Waals surface area contributed by atoms with Crippen molar-refractivity contribution < 1.29 is 18.4 Å². The van der Waals surface area contributed by atoms with E-state index in [1.807, 2.05) is 36.9 Å². The van der Waals surface area contributed by atoms with E-state index in [4.69, 9.17) is 4.42 Å². The monoisotopic (exact) mass is 489 g/mol. The number of nitrogens with one attached hydrogen (secondary N) is 1. The van der Waals surface area contributed by atoms with Crippen LogP contribution in [0.1, 0.15) is 44.3 Å². The third-order valence-corrected chi connectivity index (χ3v) is 7.99. The summed E-state index contributed by atoms with van der Waals surface area (Å²) < 4.78 is 19.1. The summed E-state index contributed by atoms with van der Waals surface area (Å²) in [5.74, 6) is -0.421. The molecule has 178 valence electrons. The van der Waals surface area contributed by atoms with E-state index in [1.54, 1.807) is 6.07 Å². The first-order valence-corrected chi connectivity index (χ1v) is 12.5. The number of rotatable bonds is 5. The van der Waals surface area contributed by atoms with Crippen molar-refractivity contribution in [2.75, 3.05) is 6.54 Å². The van der Waals surface area contributed by atoms with Crippen LogP contribution >= 0.6 is 11.3 Å². The number of thiazole rings is 1. The molecule has 1 aliphatic heterocycles. The quantitative estimate of drug-likeness (QED) is 0.410. The standard InChI is InChI=1S/C27H24FN3O3S/c1-14-4-3-5-16(10-14)25-23(30-15(2)35-25)27(33)31-18(11-17-12-22(17)31)13-29-26(32)20-6-7-21(28)24-19(20)8-9-34-24/h3-10,17-18,22H,11-13H2,1-2H3,(H,29,32)/t17-,18+,22+/m1/s1. The number of benzene rings is 2. The lowest BCUT2D eigenvalue weighted by atomic mass is 10.1. The molecule has 6 rings (SSSR count). The number of hydrogen-bond acceptors (Lipinski definition) is 5. The summed E-state index contributed by atoms with van der Waals surface area (Å²) in [5, 5.41) is 4.25. The molecule has 0 bridgehead atoms. The van der Waals surface area contributed by atoms with Gasteiger partial charge in [0, 0.05) is 18.0 Å². The smallest absolute Gasteiger partial charge is 0.274 e. The summed E-state index contributed by atoms with van der Waals surface area (Å²) in [5.41, 5.74) is 3.03. The molecular weight excluding hydrogens is 465 g/mol. The molecule has 2 amide bonds. The van der Waals surface area contributed by atoms with E-state index in [0.717, 1.165) is 33.9 Å². The van der Waals surface area contributed by atoms with Crippen LogP contribution in [0.2, 0.25) is 0 Å². The van der Waals surface area contributed by atoms with Gasteiger partial charge in [0.2, 0.25) is 0 Å². The van der Waals surface area contributed by atoms with Gasteiger partial charge in [0.15, 0.2) is 11.4 Å². The number of aryl methyl sites for hydroxylation is 2. The molecule has 2 aromatic carbocycles. The lowest BCUT2D eigenvalue weighted by Gasteiger charge is -2.27. The SMILES string of the molecule is Cc1cccc(-c2sc(C)nc2C(=O)N2[C@H](CNC(=O)c3ccc(F)c4occc34)C[C@@H]3C[C@@H]32)c1. The van der Waals surface area contributed by atoms with Crippen LogP contribution in [-0.4, -0.2) is 40.3 Å². The molecule has 1 saturated carbocycles. The normalized spacial score (nSPS) is 20.8. The summed E-state index contributed by atoms with van der Waals surface area (Å²) in [6, 6.07) is 12.5. The second-order valence-electron chi connectivity index (χ2n) is 9.41. The molecule has 6 nitrogen and oxygen atoms in total. The van der Waals surface area contributed by atoms with Crippen molar-refractivity contribution in [1.82, 2.24) is 15.2 Å². The van der Waals surface area contributed by atoms with Crippen LogP contribution in [0.4, 0.5) is 4.39 Å². The molecule has 3 heterocycles. The van der Waals surface area contributed by atoms with Crippen molar-refractivity contribution in [3.05, 3.63) is 76.4 Å². The average Bonchev–Trinajstić information content (AvgIpc) is 3.20. The third kappa shape index (κ3) is 3.82. The largest absolute Gasteiger partial charge is 0.461 e. The molecule has 2 aromatic heterocycles. The van der Waals surface area contributed by atoms with E-state index in [9.17, 15) is 14.0 Å². The number of nitrogens with zero attached hydrogens (tertiary/aromatic N) is 2. The fourth-order valence-electron chi connectivity index (χ4n) is 5.27. The Morgan fingerprint density at radius 2 is 2.06 bits per heavy atom. The number of amides is 2. The Labute approximate surface area is 205 Å². The number of carbonyl (C=O) groups is 2. The van der Waals surface area contributed by atoms with Crippen molar-refractivity contribution >= 4 is 34.1 Å². The lowest BCUT2D eigenvalue weighted by Crippen LogP contribution is -2.45. The predicted octanol–water partition coefficient (Wildman–Crippen LogP) is 5.35. The first-order valence-electron chi connectivity index (χ1n) is 11.7. The topological polar surface area (TPSA) is 75.4 Å².